The Balaban J connectivity index is 1.65. The van der Waals surface area contributed by atoms with E-state index in [1.54, 1.807) is 0 Å². The molecular formula is C19H30N2. The second-order valence-electron chi connectivity index (χ2n) is 7.53. The van der Waals surface area contributed by atoms with Gasteiger partial charge in [0, 0.05) is 37.3 Å². The molecule has 0 aliphatic heterocycles. The summed E-state index contributed by atoms with van der Waals surface area (Å²) in [7, 11) is 2.26. The summed E-state index contributed by atoms with van der Waals surface area (Å²) < 4.78 is 0. The number of hydrogen-bond donors (Lipinski definition) is 1. The van der Waals surface area contributed by atoms with Gasteiger partial charge in [0.1, 0.15) is 0 Å². The molecule has 1 aromatic carbocycles. The van der Waals surface area contributed by atoms with Gasteiger partial charge >= 0.3 is 0 Å². The molecule has 0 bridgehead atoms. The first kappa shape index (κ1) is 14.9. The number of nitrogens with one attached hydrogen (secondary N) is 1. The predicted octanol–water partition coefficient (Wildman–Crippen LogP) is 4.07. The summed E-state index contributed by atoms with van der Waals surface area (Å²) in [5.41, 5.74) is 1.82. The molecule has 2 fully saturated rings. The molecule has 2 aliphatic carbocycles. The number of anilines is 1. The zero-order valence-corrected chi connectivity index (χ0v) is 13.6. The first-order chi connectivity index (χ1) is 10.2. The molecule has 2 heteroatoms. The highest BCUT2D eigenvalue weighted by molar-refractivity contribution is 5.45. The van der Waals surface area contributed by atoms with Crippen molar-refractivity contribution >= 4 is 5.69 Å². The van der Waals surface area contributed by atoms with Crippen molar-refractivity contribution in [1.29, 1.82) is 0 Å². The van der Waals surface area contributed by atoms with Crippen LogP contribution in [-0.4, -0.2) is 26.2 Å². The van der Waals surface area contributed by atoms with E-state index in [2.05, 4.69) is 54.5 Å². The largest absolute Gasteiger partial charge is 0.374 e. The van der Waals surface area contributed by atoms with Gasteiger partial charge in [0.05, 0.1) is 0 Å². The van der Waals surface area contributed by atoms with Gasteiger partial charge in [0.15, 0.2) is 0 Å². The quantitative estimate of drug-likeness (QED) is 0.848. The Morgan fingerprint density at radius 3 is 2.38 bits per heavy atom. The minimum atomic E-state index is 0.472. The number of benzene rings is 1. The summed E-state index contributed by atoms with van der Waals surface area (Å²) in [6, 6.07) is 11.7. The molecule has 0 atom stereocenters. The van der Waals surface area contributed by atoms with Crippen molar-refractivity contribution in [1.82, 2.24) is 5.32 Å². The molecule has 1 N–H and O–H groups in total. The lowest BCUT2D eigenvalue weighted by molar-refractivity contribution is 0.157. The molecule has 21 heavy (non-hydrogen) atoms. The predicted molar refractivity (Wildman–Crippen MR) is 90.8 cm³/mol. The van der Waals surface area contributed by atoms with E-state index < -0.39 is 0 Å². The Morgan fingerprint density at radius 1 is 1.10 bits per heavy atom. The van der Waals surface area contributed by atoms with Crippen LogP contribution in [0.1, 0.15) is 45.4 Å². The van der Waals surface area contributed by atoms with Crippen molar-refractivity contribution in [2.24, 2.45) is 11.3 Å². The highest BCUT2D eigenvalue weighted by Crippen LogP contribution is 2.40. The van der Waals surface area contributed by atoms with E-state index in [4.69, 9.17) is 0 Å². The molecule has 0 spiro atoms. The van der Waals surface area contributed by atoms with Crippen LogP contribution in [0.2, 0.25) is 0 Å². The third kappa shape index (κ3) is 4.00. The molecular weight excluding hydrogens is 256 g/mol. The number of nitrogens with zero attached hydrogens (tertiary/aromatic N) is 1. The minimum Gasteiger partial charge on any atom is -0.374 e. The summed E-state index contributed by atoms with van der Waals surface area (Å²) in [4.78, 5) is 2.46. The standard InChI is InChI=1S/C19H30N2/c1-16-10-12-19(13-11-16,14-20-17-8-9-17)15-21(2)18-6-4-3-5-7-18/h3-7,16-17,20H,8-15H2,1-2H3. The topological polar surface area (TPSA) is 15.3 Å². The fraction of sp³-hybridized carbons (Fsp3) is 0.684. The van der Waals surface area contributed by atoms with E-state index in [-0.39, 0.29) is 0 Å². The summed E-state index contributed by atoms with van der Waals surface area (Å²) >= 11 is 0. The molecule has 1 aromatic rings. The zero-order chi connectivity index (χ0) is 14.7. The Hall–Kier alpha value is -1.02. The normalized spacial score (nSPS) is 29.3. The lowest BCUT2D eigenvalue weighted by atomic mass is 9.70. The van der Waals surface area contributed by atoms with Gasteiger partial charge < -0.3 is 10.2 Å². The van der Waals surface area contributed by atoms with Gasteiger partial charge in [-0.1, -0.05) is 38.0 Å². The lowest BCUT2D eigenvalue weighted by Gasteiger charge is -2.43. The van der Waals surface area contributed by atoms with Crippen LogP contribution < -0.4 is 10.2 Å². The zero-order valence-electron chi connectivity index (χ0n) is 13.6. The van der Waals surface area contributed by atoms with Gasteiger partial charge in [-0.15, -0.1) is 0 Å². The summed E-state index contributed by atoms with van der Waals surface area (Å²) in [6.45, 7) is 4.81. The maximum Gasteiger partial charge on any atom is 0.0363 e. The molecule has 2 aliphatic rings. The number of para-hydroxylation sites is 1. The highest BCUT2D eigenvalue weighted by Gasteiger charge is 2.36. The molecule has 0 unspecified atom stereocenters. The van der Waals surface area contributed by atoms with Gasteiger partial charge in [0.25, 0.3) is 0 Å². The first-order valence-electron chi connectivity index (χ1n) is 8.66. The molecule has 2 saturated carbocycles. The maximum atomic E-state index is 3.81. The lowest BCUT2D eigenvalue weighted by Crippen LogP contribution is -2.45. The van der Waals surface area contributed by atoms with Gasteiger partial charge in [-0.2, -0.15) is 0 Å². The molecule has 2 nitrogen and oxygen atoms in total. The van der Waals surface area contributed by atoms with Crippen LogP contribution >= 0.6 is 0 Å². The van der Waals surface area contributed by atoms with Crippen LogP contribution in [0.4, 0.5) is 5.69 Å². The van der Waals surface area contributed by atoms with Crippen LogP contribution in [0, 0.1) is 11.3 Å². The fourth-order valence-electron chi connectivity index (χ4n) is 3.69. The number of rotatable bonds is 6. The highest BCUT2D eigenvalue weighted by atomic mass is 15.1. The summed E-state index contributed by atoms with van der Waals surface area (Å²) in [5.74, 6) is 0.918. The molecule has 0 amide bonds. The summed E-state index contributed by atoms with van der Waals surface area (Å²) in [5, 5.41) is 3.81. The van der Waals surface area contributed by atoms with Crippen LogP contribution in [0.15, 0.2) is 30.3 Å². The summed E-state index contributed by atoms with van der Waals surface area (Å²) in [6.07, 6.45) is 8.34. The van der Waals surface area contributed by atoms with E-state index in [1.807, 2.05) is 0 Å². The van der Waals surface area contributed by atoms with Gasteiger partial charge in [-0.3, -0.25) is 0 Å². The average molecular weight is 286 g/mol. The molecule has 0 saturated heterocycles. The second kappa shape index (κ2) is 6.39. The van der Waals surface area contributed by atoms with E-state index in [0.29, 0.717) is 5.41 Å². The second-order valence-corrected chi connectivity index (χ2v) is 7.53. The van der Waals surface area contributed by atoms with E-state index >= 15 is 0 Å². The van der Waals surface area contributed by atoms with E-state index in [1.165, 1.54) is 57.3 Å². The van der Waals surface area contributed by atoms with Crippen molar-refractivity contribution in [3.63, 3.8) is 0 Å². The van der Waals surface area contributed by atoms with Crippen LogP contribution in [-0.2, 0) is 0 Å². The molecule has 116 valence electrons. The van der Waals surface area contributed by atoms with Crippen molar-refractivity contribution in [3.05, 3.63) is 30.3 Å². The third-order valence-corrected chi connectivity index (χ3v) is 5.45. The number of hydrogen-bond acceptors (Lipinski definition) is 2. The van der Waals surface area contributed by atoms with Gasteiger partial charge in [-0.05, 0) is 43.7 Å². The SMILES string of the molecule is CC1CCC(CNC2CC2)(CN(C)c2ccccc2)CC1. The van der Waals surface area contributed by atoms with Crippen molar-refractivity contribution in [2.45, 2.75) is 51.5 Å². The van der Waals surface area contributed by atoms with E-state index in [9.17, 15) is 0 Å². The molecule has 3 rings (SSSR count). The van der Waals surface area contributed by atoms with Crippen molar-refractivity contribution in [3.8, 4) is 0 Å². The van der Waals surface area contributed by atoms with Gasteiger partial charge in [0.2, 0.25) is 0 Å². The molecule has 0 aromatic heterocycles. The average Bonchev–Trinajstić information content (AvgIpc) is 3.33. The minimum absolute atomic E-state index is 0.472. The van der Waals surface area contributed by atoms with Crippen molar-refractivity contribution < 1.29 is 0 Å². The molecule has 0 radical (unpaired) electrons. The van der Waals surface area contributed by atoms with E-state index in [0.717, 1.165) is 12.0 Å². The Kier molecular flexibility index (Phi) is 4.54. The Labute approximate surface area is 129 Å². The van der Waals surface area contributed by atoms with Crippen LogP contribution in [0.25, 0.3) is 0 Å². The smallest absolute Gasteiger partial charge is 0.0363 e. The Bertz CT molecular complexity index is 430. The van der Waals surface area contributed by atoms with Crippen LogP contribution in [0.5, 0.6) is 0 Å². The fourth-order valence-corrected chi connectivity index (χ4v) is 3.69. The maximum absolute atomic E-state index is 3.81. The first-order valence-corrected chi connectivity index (χ1v) is 8.66. The van der Waals surface area contributed by atoms with Gasteiger partial charge in [-0.25, -0.2) is 0 Å². The van der Waals surface area contributed by atoms with Crippen LogP contribution in [0.3, 0.4) is 0 Å². The van der Waals surface area contributed by atoms with Crippen molar-refractivity contribution in [2.75, 3.05) is 25.0 Å². The molecule has 0 heterocycles. The Morgan fingerprint density at radius 2 is 1.76 bits per heavy atom. The monoisotopic (exact) mass is 286 g/mol. The third-order valence-electron chi connectivity index (χ3n) is 5.45.